The summed E-state index contributed by atoms with van der Waals surface area (Å²) in [6, 6.07) is 12.0. The monoisotopic (exact) mass is 252 g/mol. The number of hydrogen-bond acceptors (Lipinski definition) is 2. The minimum absolute atomic E-state index is 0.375. The minimum Gasteiger partial charge on any atom is -0.252 e. The molecule has 0 aliphatic carbocycles. The molecule has 2 heteroatoms. The molecule has 0 unspecified atom stereocenters. The summed E-state index contributed by atoms with van der Waals surface area (Å²) in [5, 5.41) is 7.38. The van der Waals surface area contributed by atoms with Gasteiger partial charge in [0.1, 0.15) is 0 Å². The predicted octanol–water partition coefficient (Wildman–Crippen LogP) is 5.33. The molecule has 1 aromatic rings. The van der Waals surface area contributed by atoms with Crippen molar-refractivity contribution in [3.63, 3.8) is 0 Å². The van der Waals surface area contributed by atoms with Crippen molar-refractivity contribution in [2.45, 2.75) is 46.0 Å². The van der Waals surface area contributed by atoms with Crippen molar-refractivity contribution in [1.29, 1.82) is 0 Å². The van der Waals surface area contributed by atoms with Crippen LogP contribution < -0.4 is 0 Å². The molecule has 1 rings (SSSR count). The molecule has 104 valence electrons. The number of allylic oxidation sites excluding steroid dienone is 1. The van der Waals surface area contributed by atoms with E-state index in [2.05, 4.69) is 18.4 Å². The van der Waals surface area contributed by atoms with Gasteiger partial charge in [0, 0.05) is 0 Å². The quantitative estimate of drug-likeness (QED) is 0.321. The number of unbranched alkanes of at least 4 members (excludes halogenated alkanes) is 4. The van der Waals surface area contributed by atoms with Crippen LogP contribution in [0.15, 0.2) is 49.1 Å². The molecule has 18 heavy (non-hydrogen) atoms. The number of hydrogen-bond donors (Lipinski definition) is 1. The number of rotatable bonds is 6. The second-order valence-electron chi connectivity index (χ2n) is 3.71. The molecule has 0 saturated carbocycles. The standard InChI is InChI=1S/C8H16.C6H6.C2H6O2/c1-3-5-7-8-6-4-2;1-2-4-6-5-3-1;1-2-4-3/h3H,1,4-8H2,2H3;1-6H;3H,2H2,1H3. The summed E-state index contributed by atoms with van der Waals surface area (Å²) < 4.78 is 0. The van der Waals surface area contributed by atoms with Crippen LogP contribution in [0.2, 0.25) is 0 Å². The van der Waals surface area contributed by atoms with E-state index in [1.54, 1.807) is 6.92 Å². The van der Waals surface area contributed by atoms with Gasteiger partial charge in [-0.25, -0.2) is 4.89 Å². The highest BCUT2D eigenvalue weighted by molar-refractivity contribution is 4.99. The lowest BCUT2D eigenvalue weighted by Gasteiger charge is -1.91. The van der Waals surface area contributed by atoms with Gasteiger partial charge in [0.25, 0.3) is 0 Å². The normalized spacial score (nSPS) is 8.39. The Bertz CT molecular complexity index is 193. The first-order chi connectivity index (χ1) is 8.83. The molecule has 0 heterocycles. The summed E-state index contributed by atoms with van der Waals surface area (Å²) in [5.41, 5.74) is 0. The van der Waals surface area contributed by atoms with E-state index in [1.807, 2.05) is 42.5 Å². The molecule has 0 amide bonds. The van der Waals surface area contributed by atoms with Crippen LogP contribution in [0, 0.1) is 0 Å². The van der Waals surface area contributed by atoms with Crippen LogP contribution in [0.25, 0.3) is 0 Å². The van der Waals surface area contributed by atoms with Crippen LogP contribution in [0.5, 0.6) is 0 Å². The zero-order valence-corrected chi connectivity index (χ0v) is 11.8. The predicted molar refractivity (Wildman–Crippen MR) is 79.7 cm³/mol. The molecule has 2 nitrogen and oxygen atoms in total. The fourth-order valence-corrected chi connectivity index (χ4v) is 1.10. The molecular formula is C16H28O2. The van der Waals surface area contributed by atoms with E-state index >= 15 is 0 Å². The largest absolute Gasteiger partial charge is 0.252 e. The maximum Gasteiger partial charge on any atom is 0.0791 e. The summed E-state index contributed by atoms with van der Waals surface area (Å²) in [6.45, 7) is 7.97. The molecule has 0 saturated heterocycles. The van der Waals surface area contributed by atoms with Crippen molar-refractivity contribution in [3.8, 4) is 0 Å². The topological polar surface area (TPSA) is 29.5 Å². The molecule has 0 radical (unpaired) electrons. The first-order valence-corrected chi connectivity index (χ1v) is 6.70. The highest BCUT2D eigenvalue weighted by atomic mass is 17.1. The van der Waals surface area contributed by atoms with Gasteiger partial charge in [0.15, 0.2) is 0 Å². The average Bonchev–Trinajstić information content (AvgIpc) is 2.46. The smallest absolute Gasteiger partial charge is 0.0791 e. The van der Waals surface area contributed by atoms with Crippen molar-refractivity contribution in [1.82, 2.24) is 0 Å². The maximum atomic E-state index is 7.38. The molecule has 0 aromatic heterocycles. The van der Waals surface area contributed by atoms with Gasteiger partial charge >= 0.3 is 0 Å². The Labute approximate surface area is 112 Å². The van der Waals surface area contributed by atoms with Crippen LogP contribution >= 0.6 is 0 Å². The van der Waals surface area contributed by atoms with Gasteiger partial charge in [0.2, 0.25) is 0 Å². The fraction of sp³-hybridized carbons (Fsp3) is 0.500. The third-order valence-corrected chi connectivity index (χ3v) is 2.06. The van der Waals surface area contributed by atoms with Crippen LogP contribution in [0.3, 0.4) is 0 Å². The van der Waals surface area contributed by atoms with Gasteiger partial charge in [-0.1, -0.05) is 68.7 Å². The fourth-order valence-electron chi connectivity index (χ4n) is 1.10. The summed E-state index contributed by atoms with van der Waals surface area (Å²) in [5.74, 6) is 0. The third-order valence-electron chi connectivity index (χ3n) is 2.06. The van der Waals surface area contributed by atoms with Gasteiger partial charge in [0.05, 0.1) is 6.61 Å². The molecule has 0 atom stereocenters. The lowest BCUT2D eigenvalue weighted by atomic mass is 10.2. The zero-order valence-electron chi connectivity index (χ0n) is 11.8. The molecule has 0 bridgehead atoms. The van der Waals surface area contributed by atoms with Gasteiger partial charge < -0.3 is 0 Å². The molecule has 1 N–H and O–H groups in total. The Hall–Kier alpha value is -1.12. The van der Waals surface area contributed by atoms with Gasteiger partial charge in [-0.2, -0.15) is 0 Å². The lowest BCUT2D eigenvalue weighted by Crippen LogP contribution is -1.74. The van der Waals surface area contributed by atoms with Crippen molar-refractivity contribution in [3.05, 3.63) is 49.1 Å². The van der Waals surface area contributed by atoms with Crippen LogP contribution in [-0.2, 0) is 4.89 Å². The highest BCUT2D eigenvalue weighted by Crippen LogP contribution is 2.01. The van der Waals surface area contributed by atoms with E-state index in [-0.39, 0.29) is 0 Å². The average molecular weight is 252 g/mol. The van der Waals surface area contributed by atoms with Gasteiger partial charge in [-0.3, -0.25) is 5.26 Å². The first kappa shape index (κ1) is 19.2. The van der Waals surface area contributed by atoms with E-state index in [4.69, 9.17) is 5.26 Å². The van der Waals surface area contributed by atoms with Gasteiger partial charge in [-0.05, 0) is 19.8 Å². The molecule has 0 aliphatic heterocycles. The second kappa shape index (κ2) is 21.2. The SMILES string of the molecule is C=CCCCCCC.CCOO.c1ccccc1. The Kier molecular flexibility index (Phi) is 22.6. The summed E-state index contributed by atoms with van der Waals surface area (Å²) in [7, 11) is 0. The minimum atomic E-state index is 0.375. The van der Waals surface area contributed by atoms with Crippen molar-refractivity contribution >= 4 is 0 Å². The van der Waals surface area contributed by atoms with Crippen molar-refractivity contribution in [2.24, 2.45) is 0 Å². The van der Waals surface area contributed by atoms with E-state index in [1.165, 1.54) is 32.1 Å². The molecular weight excluding hydrogens is 224 g/mol. The van der Waals surface area contributed by atoms with E-state index in [0.717, 1.165) is 0 Å². The van der Waals surface area contributed by atoms with E-state index in [9.17, 15) is 0 Å². The van der Waals surface area contributed by atoms with Crippen molar-refractivity contribution in [2.75, 3.05) is 6.61 Å². The summed E-state index contributed by atoms with van der Waals surface area (Å²) in [4.78, 5) is 3.54. The second-order valence-corrected chi connectivity index (χ2v) is 3.71. The third kappa shape index (κ3) is 24.2. The Morgan fingerprint density at radius 1 is 0.944 bits per heavy atom. The van der Waals surface area contributed by atoms with E-state index in [0.29, 0.717) is 6.61 Å². The van der Waals surface area contributed by atoms with Crippen molar-refractivity contribution < 1.29 is 10.1 Å². The first-order valence-electron chi connectivity index (χ1n) is 6.70. The Morgan fingerprint density at radius 2 is 1.39 bits per heavy atom. The maximum absolute atomic E-state index is 7.38. The Morgan fingerprint density at radius 3 is 1.67 bits per heavy atom. The number of benzene rings is 1. The van der Waals surface area contributed by atoms with Crippen LogP contribution in [0.1, 0.15) is 46.0 Å². The molecule has 0 aliphatic rings. The zero-order chi connectivity index (χ0) is 13.9. The van der Waals surface area contributed by atoms with Gasteiger partial charge in [-0.15, -0.1) is 6.58 Å². The van der Waals surface area contributed by atoms with Crippen LogP contribution in [-0.4, -0.2) is 11.9 Å². The summed E-state index contributed by atoms with van der Waals surface area (Å²) >= 11 is 0. The molecule has 0 spiro atoms. The molecule has 0 fully saturated rings. The highest BCUT2D eigenvalue weighted by Gasteiger charge is 1.81. The molecule has 1 aromatic carbocycles. The summed E-state index contributed by atoms with van der Waals surface area (Å²) in [6.07, 6.45) is 8.61. The van der Waals surface area contributed by atoms with E-state index < -0.39 is 0 Å². The Balaban J connectivity index is 0. The lowest BCUT2D eigenvalue weighted by molar-refractivity contribution is -0.237. The van der Waals surface area contributed by atoms with Crippen LogP contribution in [0.4, 0.5) is 0 Å².